The van der Waals surface area contributed by atoms with Gasteiger partial charge in [0, 0.05) is 18.8 Å². The van der Waals surface area contributed by atoms with E-state index in [0.29, 0.717) is 17.7 Å². The standard InChI is InChI=1S/C25H26N2O5.ClH/c1-16(2)27-15-21(28)19-11-12-22(31-24(29)18-9-7-17(3)8-10-18)23(14-19)32-25(30)20-6-4-5-13-26-20;/h4-14,16,21,27-28H,15H2,1-3H3;1H. The zero-order valence-electron chi connectivity index (χ0n) is 18.6. The number of hydrogen-bond acceptors (Lipinski definition) is 7. The van der Waals surface area contributed by atoms with Crippen molar-refractivity contribution in [3.63, 3.8) is 0 Å². The first-order valence-corrected chi connectivity index (χ1v) is 10.3. The Morgan fingerprint density at radius 3 is 2.30 bits per heavy atom. The zero-order valence-corrected chi connectivity index (χ0v) is 19.5. The van der Waals surface area contributed by atoms with Gasteiger partial charge in [-0.2, -0.15) is 0 Å². The Kier molecular flexibility index (Phi) is 9.54. The maximum atomic E-state index is 12.6. The summed E-state index contributed by atoms with van der Waals surface area (Å²) in [6.45, 7) is 6.18. The molecule has 0 fully saturated rings. The van der Waals surface area contributed by atoms with Crippen LogP contribution in [-0.2, 0) is 0 Å². The number of aliphatic hydroxyl groups is 1. The molecule has 0 aliphatic heterocycles. The van der Waals surface area contributed by atoms with Crippen molar-refractivity contribution in [3.8, 4) is 11.5 Å². The number of pyridine rings is 1. The summed E-state index contributed by atoms with van der Waals surface area (Å²) in [7, 11) is 0. The summed E-state index contributed by atoms with van der Waals surface area (Å²) in [5.41, 5.74) is 2.00. The molecule has 1 heterocycles. The van der Waals surface area contributed by atoms with Gasteiger partial charge in [0.25, 0.3) is 0 Å². The highest BCUT2D eigenvalue weighted by Crippen LogP contribution is 2.32. The van der Waals surface area contributed by atoms with Crippen LogP contribution in [0.1, 0.15) is 51.9 Å². The molecule has 0 aliphatic rings. The van der Waals surface area contributed by atoms with E-state index in [1.165, 1.54) is 24.4 Å². The van der Waals surface area contributed by atoms with Gasteiger partial charge in [0.15, 0.2) is 11.5 Å². The molecular weight excluding hydrogens is 444 g/mol. The van der Waals surface area contributed by atoms with Crippen LogP contribution in [0.3, 0.4) is 0 Å². The van der Waals surface area contributed by atoms with Crippen LogP contribution in [0.5, 0.6) is 11.5 Å². The molecule has 1 atom stereocenters. The number of esters is 2. The number of aromatic nitrogens is 1. The minimum Gasteiger partial charge on any atom is -0.419 e. The number of nitrogens with zero attached hydrogens (tertiary/aromatic N) is 1. The summed E-state index contributed by atoms with van der Waals surface area (Å²) in [4.78, 5) is 29.1. The number of nitrogens with one attached hydrogen (secondary N) is 1. The SMILES string of the molecule is Cc1ccc(C(=O)Oc2ccc(C(O)CNC(C)C)cc2OC(=O)c2ccccn2)cc1.Cl. The maximum Gasteiger partial charge on any atom is 0.362 e. The fourth-order valence-corrected chi connectivity index (χ4v) is 2.85. The molecule has 0 radical (unpaired) electrons. The van der Waals surface area contributed by atoms with Crippen molar-refractivity contribution in [1.82, 2.24) is 10.3 Å². The van der Waals surface area contributed by atoms with Crippen LogP contribution in [0.25, 0.3) is 0 Å². The Bertz CT molecular complexity index is 1070. The van der Waals surface area contributed by atoms with Crippen molar-refractivity contribution in [2.45, 2.75) is 32.9 Å². The Morgan fingerprint density at radius 1 is 0.970 bits per heavy atom. The molecule has 0 spiro atoms. The third-order valence-corrected chi connectivity index (χ3v) is 4.64. The number of rotatable bonds is 8. The lowest BCUT2D eigenvalue weighted by Gasteiger charge is -2.17. The number of benzene rings is 2. The Morgan fingerprint density at radius 2 is 1.67 bits per heavy atom. The summed E-state index contributed by atoms with van der Waals surface area (Å²) < 4.78 is 11.0. The second kappa shape index (κ2) is 12.1. The molecule has 0 aliphatic carbocycles. The van der Waals surface area contributed by atoms with E-state index in [1.807, 2.05) is 20.8 Å². The molecule has 174 valence electrons. The third kappa shape index (κ3) is 7.39. The predicted octanol–water partition coefficient (Wildman–Crippen LogP) is 4.28. The van der Waals surface area contributed by atoms with Crippen LogP contribution in [0.15, 0.2) is 66.9 Å². The smallest absolute Gasteiger partial charge is 0.362 e. The molecule has 8 heteroatoms. The molecule has 1 unspecified atom stereocenters. The molecule has 33 heavy (non-hydrogen) atoms. The molecular formula is C25H27ClN2O5. The number of halogens is 1. The molecule has 3 rings (SSSR count). The first kappa shape index (κ1) is 26.0. The fourth-order valence-electron chi connectivity index (χ4n) is 2.85. The number of hydrogen-bond donors (Lipinski definition) is 2. The molecule has 2 aromatic carbocycles. The van der Waals surface area contributed by atoms with Crippen LogP contribution in [0.4, 0.5) is 0 Å². The Labute approximate surface area is 199 Å². The van der Waals surface area contributed by atoms with Gasteiger partial charge in [0.1, 0.15) is 5.69 Å². The van der Waals surface area contributed by atoms with E-state index < -0.39 is 18.0 Å². The number of aliphatic hydroxyl groups excluding tert-OH is 1. The molecule has 0 amide bonds. The highest BCUT2D eigenvalue weighted by atomic mass is 35.5. The van der Waals surface area contributed by atoms with E-state index >= 15 is 0 Å². The molecule has 0 saturated heterocycles. The summed E-state index contributed by atoms with van der Waals surface area (Å²) >= 11 is 0. The van der Waals surface area contributed by atoms with E-state index in [1.54, 1.807) is 42.5 Å². The number of ether oxygens (including phenoxy) is 2. The average molecular weight is 471 g/mol. The summed E-state index contributed by atoms with van der Waals surface area (Å²) in [5, 5.41) is 13.6. The van der Waals surface area contributed by atoms with Crippen molar-refractivity contribution in [2.24, 2.45) is 0 Å². The van der Waals surface area contributed by atoms with E-state index in [2.05, 4.69) is 10.3 Å². The van der Waals surface area contributed by atoms with E-state index in [-0.39, 0.29) is 35.6 Å². The van der Waals surface area contributed by atoms with E-state index in [9.17, 15) is 14.7 Å². The van der Waals surface area contributed by atoms with Gasteiger partial charge in [-0.3, -0.25) is 0 Å². The van der Waals surface area contributed by atoms with Gasteiger partial charge >= 0.3 is 11.9 Å². The highest BCUT2D eigenvalue weighted by Gasteiger charge is 2.19. The van der Waals surface area contributed by atoms with Gasteiger partial charge in [0.05, 0.1) is 11.7 Å². The van der Waals surface area contributed by atoms with Gasteiger partial charge in [-0.15, -0.1) is 12.4 Å². The van der Waals surface area contributed by atoms with Gasteiger partial charge in [-0.25, -0.2) is 14.6 Å². The van der Waals surface area contributed by atoms with Crippen molar-refractivity contribution in [1.29, 1.82) is 0 Å². The van der Waals surface area contributed by atoms with Crippen molar-refractivity contribution in [3.05, 3.63) is 89.2 Å². The average Bonchev–Trinajstić information content (AvgIpc) is 2.79. The van der Waals surface area contributed by atoms with Crippen molar-refractivity contribution < 1.29 is 24.2 Å². The van der Waals surface area contributed by atoms with Crippen molar-refractivity contribution in [2.75, 3.05) is 6.54 Å². The minimum atomic E-state index is -0.841. The topological polar surface area (TPSA) is 97.8 Å². The van der Waals surface area contributed by atoms with Crippen molar-refractivity contribution >= 4 is 24.3 Å². The lowest BCUT2D eigenvalue weighted by molar-refractivity contribution is 0.0678. The fraction of sp³-hybridized carbons (Fsp3) is 0.240. The first-order valence-electron chi connectivity index (χ1n) is 10.3. The Balaban J connectivity index is 0.00000385. The highest BCUT2D eigenvalue weighted by molar-refractivity contribution is 5.92. The van der Waals surface area contributed by atoms with Crippen LogP contribution in [-0.4, -0.2) is 34.6 Å². The summed E-state index contributed by atoms with van der Waals surface area (Å²) in [6, 6.07) is 16.6. The molecule has 3 aromatic rings. The third-order valence-electron chi connectivity index (χ3n) is 4.64. The summed E-state index contributed by atoms with van der Waals surface area (Å²) in [5.74, 6) is -1.21. The van der Waals surface area contributed by atoms with Crippen LogP contribution < -0.4 is 14.8 Å². The minimum absolute atomic E-state index is 0. The molecule has 2 N–H and O–H groups in total. The molecule has 7 nitrogen and oxygen atoms in total. The molecule has 0 saturated carbocycles. The largest absolute Gasteiger partial charge is 0.419 e. The normalized spacial score (nSPS) is 11.4. The molecule has 0 bridgehead atoms. The van der Waals surface area contributed by atoms with E-state index in [4.69, 9.17) is 9.47 Å². The second-order valence-corrected chi connectivity index (χ2v) is 7.64. The van der Waals surface area contributed by atoms with Gasteiger partial charge in [0.2, 0.25) is 0 Å². The van der Waals surface area contributed by atoms with Crippen LogP contribution >= 0.6 is 12.4 Å². The van der Waals surface area contributed by atoms with Gasteiger partial charge in [-0.05, 0) is 48.9 Å². The summed E-state index contributed by atoms with van der Waals surface area (Å²) in [6.07, 6.45) is 0.638. The van der Waals surface area contributed by atoms with Crippen LogP contribution in [0.2, 0.25) is 0 Å². The molecule has 1 aromatic heterocycles. The number of carbonyl (C=O) groups is 2. The van der Waals surface area contributed by atoms with Gasteiger partial charge in [-0.1, -0.05) is 43.7 Å². The zero-order chi connectivity index (χ0) is 23.1. The monoisotopic (exact) mass is 470 g/mol. The lowest BCUT2D eigenvalue weighted by atomic mass is 10.1. The number of aryl methyl sites for hydroxylation is 1. The van der Waals surface area contributed by atoms with Crippen LogP contribution in [0, 0.1) is 6.92 Å². The lowest BCUT2D eigenvalue weighted by Crippen LogP contribution is -2.27. The predicted molar refractivity (Wildman–Crippen MR) is 127 cm³/mol. The maximum absolute atomic E-state index is 12.6. The quantitative estimate of drug-likeness (QED) is 0.374. The van der Waals surface area contributed by atoms with Gasteiger partial charge < -0.3 is 19.9 Å². The first-order chi connectivity index (χ1) is 15.3. The number of carbonyl (C=O) groups excluding carboxylic acids is 2. The second-order valence-electron chi connectivity index (χ2n) is 7.64. The van der Waals surface area contributed by atoms with E-state index in [0.717, 1.165) is 5.56 Å². The Hall–Kier alpha value is -3.26.